The molecule has 0 aromatic carbocycles. The van der Waals surface area contributed by atoms with Crippen LogP contribution in [0.15, 0.2) is 6.20 Å². The van der Waals surface area contributed by atoms with Crippen molar-refractivity contribution in [1.29, 1.82) is 5.26 Å². The van der Waals surface area contributed by atoms with Crippen molar-refractivity contribution in [2.24, 2.45) is 7.05 Å². The molecule has 82 valence electrons. The predicted molar refractivity (Wildman–Crippen MR) is 59.2 cm³/mol. The van der Waals surface area contributed by atoms with Gasteiger partial charge >= 0.3 is 0 Å². The lowest BCUT2D eigenvalue weighted by atomic mass is 10.1. The number of nitriles is 1. The first kappa shape index (κ1) is 11.7. The number of aryl methyl sites for hydroxylation is 2. The van der Waals surface area contributed by atoms with Crippen molar-refractivity contribution in [2.75, 3.05) is 0 Å². The van der Waals surface area contributed by atoms with E-state index in [9.17, 15) is 0 Å². The summed E-state index contributed by atoms with van der Waals surface area (Å²) in [5, 5.41) is 16.6. The molecular weight excluding hydrogens is 188 g/mol. The molecule has 0 bridgehead atoms. The molecule has 0 aliphatic heterocycles. The number of nitrogens with zero attached hydrogens (tertiary/aromatic N) is 3. The maximum Gasteiger partial charge on any atom is 0.124 e. The van der Waals surface area contributed by atoms with Gasteiger partial charge in [-0.15, -0.1) is 0 Å². The number of hydrogen-bond acceptors (Lipinski definition) is 3. The fourth-order valence-electron chi connectivity index (χ4n) is 1.50. The largest absolute Gasteiger partial charge is 0.296 e. The van der Waals surface area contributed by atoms with Crippen LogP contribution in [0.2, 0.25) is 0 Å². The Labute approximate surface area is 90.9 Å². The normalized spacial score (nSPS) is 14.6. The minimum Gasteiger partial charge on any atom is -0.296 e. The molecule has 0 fully saturated rings. The Balaban J connectivity index is 2.84. The Morgan fingerprint density at radius 2 is 2.33 bits per heavy atom. The highest BCUT2D eigenvalue weighted by atomic mass is 15.3. The molecule has 0 aliphatic carbocycles. The average molecular weight is 206 g/mol. The quantitative estimate of drug-likeness (QED) is 0.815. The van der Waals surface area contributed by atoms with Crippen molar-refractivity contribution in [3.8, 4) is 6.07 Å². The van der Waals surface area contributed by atoms with Gasteiger partial charge in [0.15, 0.2) is 0 Å². The summed E-state index contributed by atoms with van der Waals surface area (Å²) in [6.45, 7) is 6.11. The smallest absolute Gasteiger partial charge is 0.124 e. The van der Waals surface area contributed by atoms with Crippen LogP contribution in [0.5, 0.6) is 0 Å². The molecule has 2 unspecified atom stereocenters. The third-order valence-corrected chi connectivity index (χ3v) is 2.56. The Kier molecular flexibility index (Phi) is 3.87. The van der Waals surface area contributed by atoms with Gasteiger partial charge in [-0.2, -0.15) is 10.4 Å². The van der Waals surface area contributed by atoms with Gasteiger partial charge in [-0.25, -0.2) is 0 Å². The van der Waals surface area contributed by atoms with E-state index in [4.69, 9.17) is 5.26 Å². The van der Waals surface area contributed by atoms with Crippen molar-refractivity contribution < 1.29 is 0 Å². The van der Waals surface area contributed by atoms with Crippen LogP contribution in [0.3, 0.4) is 0 Å². The van der Waals surface area contributed by atoms with Gasteiger partial charge in [0.05, 0.1) is 11.8 Å². The molecule has 1 N–H and O–H groups in total. The van der Waals surface area contributed by atoms with Gasteiger partial charge in [0.2, 0.25) is 0 Å². The first-order valence-electron chi connectivity index (χ1n) is 5.24. The van der Waals surface area contributed by atoms with E-state index < -0.39 is 0 Å². The summed E-state index contributed by atoms with van der Waals surface area (Å²) in [5.74, 6) is 0. The monoisotopic (exact) mass is 206 g/mol. The Bertz CT molecular complexity index is 361. The van der Waals surface area contributed by atoms with Gasteiger partial charge in [0, 0.05) is 24.8 Å². The molecule has 15 heavy (non-hydrogen) atoms. The van der Waals surface area contributed by atoms with Crippen molar-refractivity contribution in [3.63, 3.8) is 0 Å². The molecule has 0 saturated heterocycles. The Hall–Kier alpha value is -1.34. The van der Waals surface area contributed by atoms with Gasteiger partial charge in [0.1, 0.15) is 6.04 Å². The van der Waals surface area contributed by atoms with E-state index >= 15 is 0 Å². The third-order valence-electron chi connectivity index (χ3n) is 2.56. The van der Waals surface area contributed by atoms with Crippen LogP contribution in [0.4, 0.5) is 0 Å². The maximum atomic E-state index is 9.11. The predicted octanol–water partition coefficient (Wildman–Crippen LogP) is 1.68. The van der Waals surface area contributed by atoms with Gasteiger partial charge in [-0.05, 0) is 20.3 Å². The number of rotatable bonds is 4. The first-order chi connectivity index (χ1) is 7.08. The molecule has 1 aromatic heterocycles. The van der Waals surface area contributed by atoms with E-state index in [0.717, 1.165) is 17.7 Å². The molecular formula is C11H18N4. The summed E-state index contributed by atoms with van der Waals surface area (Å²) < 4.78 is 1.74. The zero-order valence-corrected chi connectivity index (χ0v) is 9.78. The fraction of sp³-hybridized carbons (Fsp3) is 0.636. The Morgan fingerprint density at radius 1 is 1.67 bits per heavy atom. The molecule has 0 radical (unpaired) electrons. The lowest BCUT2D eigenvalue weighted by Crippen LogP contribution is -2.29. The summed E-state index contributed by atoms with van der Waals surface area (Å²) >= 11 is 0. The average Bonchev–Trinajstić information content (AvgIpc) is 2.54. The van der Waals surface area contributed by atoms with Crippen LogP contribution in [0, 0.1) is 18.3 Å². The molecule has 0 saturated carbocycles. The molecule has 1 heterocycles. The topological polar surface area (TPSA) is 53.6 Å². The second-order valence-corrected chi connectivity index (χ2v) is 3.88. The van der Waals surface area contributed by atoms with Crippen molar-refractivity contribution in [2.45, 2.75) is 39.3 Å². The fourth-order valence-corrected chi connectivity index (χ4v) is 1.50. The molecule has 0 aliphatic rings. The second-order valence-electron chi connectivity index (χ2n) is 3.88. The second kappa shape index (κ2) is 4.94. The Morgan fingerprint density at radius 3 is 2.73 bits per heavy atom. The molecule has 0 spiro atoms. The minimum absolute atomic E-state index is 0.256. The van der Waals surface area contributed by atoms with Crippen LogP contribution in [0.25, 0.3) is 0 Å². The van der Waals surface area contributed by atoms with Crippen LogP contribution in [0.1, 0.15) is 37.6 Å². The van der Waals surface area contributed by atoms with Gasteiger partial charge in [-0.1, -0.05) is 6.92 Å². The highest BCUT2D eigenvalue weighted by Gasteiger charge is 2.17. The van der Waals surface area contributed by atoms with Crippen LogP contribution in [-0.2, 0) is 7.05 Å². The zero-order chi connectivity index (χ0) is 11.4. The highest BCUT2D eigenvalue weighted by molar-refractivity contribution is 5.25. The minimum atomic E-state index is -0.256. The van der Waals surface area contributed by atoms with Gasteiger partial charge < -0.3 is 0 Å². The summed E-state index contributed by atoms with van der Waals surface area (Å²) in [7, 11) is 1.87. The zero-order valence-electron chi connectivity index (χ0n) is 9.78. The lowest BCUT2D eigenvalue weighted by Gasteiger charge is -2.15. The van der Waals surface area contributed by atoms with Crippen molar-refractivity contribution >= 4 is 0 Å². The summed E-state index contributed by atoms with van der Waals surface area (Å²) in [6, 6.07) is 2.36. The van der Waals surface area contributed by atoms with Crippen LogP contribution < -0.4 is 5.32 Å². The van der Waals surface area contributed by atoms with Crippen molar-refractivity contribution in [3.05, 3.63) is 17.5 Å². The molecule has 2 atom stereocenters. The standard InChI is InChI=1S/C11H18N4/c1-5-8(2)13-11(6-12)10-7-15(4)14-9(10)3/h7-8,11,13H,5H2,1-4H3. The van der Waals surface area contributed by atoms with Gasteiger partial charge in [0.25, 0.3) is 0 Å². The number of nitrogens with one attached hydrogen (secondary N) is 1. The SMILES string of the molecule is CCC(C)NC(C#N)c1cn(C)nc1C. The summed E-state index contributed by atoms with van der Waals surface area (Å²) in [4.78, 5) is 0. The van der Waals surface area contributed by atoms with E-state index in [-0.39, 0.29) is 6.04 Å². The number of hydrogen-bond donors (Lipinski definition) is 1. The van der Waals surface area contributed by atoms with Crippen LogP contribution >= 0.6 is 0 Å². The highest BCUT2D eigenvalue weighted by Crippen LogP contribution is 2.16. The molecule has 0 amide bonds. The van der Waals surface area contributed by atoms with Gasteiger partial charge in [-0.3, -0.25) is 10.00 Å². The molecule has 4 nitrogen and oxygen atoms in total. The van der Waals surface area contributed by atoms with E-state index in [1.807, 2.05) is 20.2 Å². The number of aromatic nitrogens is 2. The van der Waals surface area contributed by atoms with E-state index in [1.54, 1.807) is 4.68 Å². The van der Waals surface area contributed by atoms with E-state index in [2.05, 4.69) is 30.3 Å². The summed E-state index contributed by atoms with van der Waals surface area (Å²) in [6.07, 6.45) is 2.91. The molecule has 1 rings (SSSR count). The van der Waals surface area contributed by atoms with Crippen LogP contribution in [-0.4, -0.2) is 15.8 Å². The first-order valence-corrected chi connectivity index (χ1v) is 5.24. The molecule has 4 heteroatoms. The maximum absolute atomic E-state index is 9.11. The lowest BCUT2D eigenvalue weighted by molar-refractivity contribution is 0.500. The third kappa shape index (κ3) is 2.80. The van der Waals surface area contributed by atoms with E-state index in [0.29, 0.717) is 6.04 Å². The van der Waals surface area contributed by atoms with E-state index in [1.165, 1.54) is 0 Å². The molecule has 1 aromatic rings. The van der Waals surface area contributed by atoms with Crippen molar-refractivity contribution in [1.82, 2.24) is 15.1 Å². The summed E-state index contributed by atoms with van der Waals surface area (Å²) in [5.41, 5.74) is 1.89.